The molecular weight excluding hydrogens is 340 g/mol. The van der Waals surface area contributed by atoms with E-state index >= 15 is 0 Å². The molecule has 2 unspecified atom stereocenters. The minimum atomic E-state index is -1.19. The molecule has 3 N–H and O–H groups in total. The average molecular weight is 366 g/mol. The fourth-order valence-electron chi connectivity index (χ4n) is 2.18. The van der Waals surface area contributed by atoms with Crippen LogP contribution in [0.15, 0.2) is 30.3 Å². The maximum atomic E-state index is 12.4. The number of hydrogen-bond acceptors (Lipinski definition) is 6. The summed E-state index contributed by atoms with van der Waals surface area (Å²) in [6.45, 7) is 3.12. The van der Waals surface area contributed by atoms with Crippen LogP contribution in [-0.2, 0) is 25.7 Å². The van der Waals surface area contributed by atoms with E-state index in [9.17, 15) is 19.5 Å². The standard InChI is InChI=1S/C18H26N2O6/c1-4-12(2)15(16(22)19-14(10-21)17(23)25-3)20-18(24)26-11-13-8-6-5-7-9-13/h5-9,12,14-15,21H,4,10-11H2,1-3H3,(H,19,22)(H,20,24)/t12?,14-,15?/m0/s1. The smallest absolute Gasteiger partial charge is 0.408 e. The predicted octanol–water partition coefficient (Wildman–Crippen LogP) is 0.978. The molecule has 0 aliphatic rings. The zero-order valence-corrected chi connectivity index (χ0v) is 15.2. The Hall–Kier alpha value is -2.61. The average Bonchev–Trinajstić information content (AvgIpc) is 2.67. The van der Waals surface area contributed by atoms with Crippen molar-refractivity contribution in [1.82, 2.24) is 10.6 Å². The van der Waals surface area contributed by atoms with E-state index in [1.54, 1.807) is 6.92 Å². The SMILES string of the molecule is CCC(C)C(NC(=O)OCc1ccccc1)C(=O)N[C@@H](CO)C(=O)OC. The van der Waals surface area contributed by atoms with Gasteiger partial charge in [-0.25, -0.2) is 9.59 Å². The Balaban J connectivity index is 2.68. The predicted molar refractivity (Wildman–Crippen MR) is 94.0 cm³/mol. The molecular formula is C18H26N2O6. The molecule has 1 aromatic carbocycles. The highest BCUT2D eigenvalue weighted by Crippen LogP contribution is 2.09. The number of methoxy groups -OCH3 is 1. The molecule has 0 fully saturated rings. The van der Waals surface area contributed by atoms with Crippen LogP contribution in [0.3, 0.4) is 0 Å². The maximum Gasteiger partial charge on any atom is 0.408 e. The molecule has 0 spiro atoms. The number of aliphatic hydroxyl groups excluding tert-OH is 1. The van der Waals surface area contributed by atoms with Crippen LogP contribution in [0.2, 0.25) is 0 Å². The topological polar surface area (TPSA) is 114 Å². The second-order valence-corrected chi connectivity index (χ2v) is 5.84. The van der Waals surface area contributed by atoms with E-state index in [1.807, 2.05) is 37.3 Å². The zero-order chi connectivity index (χ0) is 19.5. The van der Waals surface area contributed by atoms with Crippen molar-refractivity contribution in [2.45, 2.75) is 39.0 Å². The summed E-state index contributed by atoms with van der Waals surface area (Å²) in [5, 5.41) is 14.1. The second kappa shape index (κ2) is 11.1. The van der Waals surface area contributed by atoms with Crippen molar-refractivity contribution < 1.29 is 29.0 Å². The Kier molecular flexibility index (Phi) is 9.14. The summed E-state index contributed by atoms with van der Waals surface area (Å²) < 4.78 is 9.65. The van der Waals surface area contributed by atoms with Gasteiger partial charge in [0.25, 0.3) is 0 Å². The van der Waals surface area contributed by atoms with E-state index in [1.165, 1.54) is 0 Å². The highest BCUT2D eigenvalue weighted by Gasteiger charge is 2.30. The lowest BCUT2D eigenvalue weighted by Gasteiger charge is -2.25. The van der Waals surface area contributed by atoms with Crippen LogP contribution in [0.5, 0.6) is 0 Å². The van der Waals surface area contributed by atoms with Crippen LogP contribution in [0.1, 0.15) is 25.8 Å². The van der Waals surface area contributed by atoms with E-state index < -0.39 is 36.7 Å². The van der Waals surface area contributed by atoms with Crippen LogP contribution < -0.4 is 10.6 Å². The first-order valence-corrected chi connectivity index (χ1v) is 8.39. The first kappa shape index (κ1) is 21.4. The molecule has 144 valence electrons. The minimum absolute atomic E-state index is 0.0724. The fourth-order valence-corrected chi connectivity index (χ4v) is 2.18. The lowest BCUT2D eigenvalue weighted by Crippen LogP contribution is -2.55. The van der Waals surface area contributed by atoms with Gasteiger partial charge in [0.15, 0.2) is 6.04 Å². The first-order chi connectivity index (χ1) is 12.4. The van der Waals surface area contributed by atoms with Gasteiger partial charge in [-0.3, -0.25) is 4.79 Å². The molecule has 0 aliphatic carbocycles. The highest BCUT2D eigenvalue weighted by atomic mass is 16.5. The van der Waals surface area contributed by atoms with Gasteiger partial charge >= 0.3 is 12.1 Å². The number of carbonyl (C=O) groups is 3. The van der Waals surface area contributed by atoms with Crippen LogP contribution in [0.25, 0.3) is 0 Å². The number of esters is 1. The normalized spacial score (nSPS) is 13.8. The van der Waals surface area contributed by atoms with Gasteiger partial charge < -0.3 is 25.2 Å². The van der Waals surface area contributed by atoms with Gasteiger partial charge in [-0.05, 0) is 11.5 Å². The van der Waals surface area contributed by atoms with Gasteiger partial charge in [0.05, 0.1) is 13.7 Å². The van der Waals surface area contributed by atoms with Crippen molar-refractivity contribution in [1.29, 1.82) is 0 Å². The molecule has 0 heterocycles. The van der Waals surface area contributed by atoms with Crippen LogP contribution in [0.4, 0.5) is 4.79 Å². The molecule has 0 radical (unpaired) electrons. The lowest BCUT2D eigenvalue weighted by atomic mass is 9.98. The summed E-state index contributed by atoms with van der Waals surface area (Å²) in [7, 11) is 1.16. The number of rotatable bonds is 9. The molecule has 8 nitrogen and oxygen atoms in total. The Morgan fingerprint density at radius 2 is 1.81 bits per heavy atom. The summed E-state index contributed by atoms with van der Waals surface area (Å²) in [5.41, 5.74) is 0.818. The van der Waals surface area contributed by atoms with E-state index in [2.05, 4.69) is 15.4 Å². The third-order valence-corrected chi connectivity index (χ3v) is 3.97. The summed E-state index contributed by atoms with van der Waals surface area (Å²) >= 11 is 0. The number of hydrogen-bond donors (Lipinski definition) is 3. The summed E-state index contributed by atoms with van der Waals surface area (Å²) in [6, 6.07) is 7.03. The lowest BCUT2D eigenvalue weighted by molar-refractivity contribution is -0.146. The third kappa shape index (κ3) is 6.72. The van der Waals surface area contributed by atoms with Gasteiger partial charge in [0.1, 0.15) is 12.6 Å². The summed E-state index contributed by atoms with van der Waals surface area (Å²) in [4.78, 5) is 36.0. The molecule has 1 rings (SSSR count). The third-order valence-electron chi connectivity index (χ3n) is 3.97. The Morgan fingerprint density at radius 1 is 1.15 bits per heavy atom. The number of benzene rings is 1. The molecule has 0 saturated carbocycles. The molecule has 0 aliphatic heterocycles. The fraction of sp³-hybridized carbons (Fsp3) is 0.500. The van der Waals surface area contributed by atoms with Crippen LogP contribution in [0, 0.1) is 5.92 Å². The number of alkyl carbamates (subject to hydrolysis) is 1. The van der Waals surface area contributed by atoms with Gasteiger partial charge in [-0.15, -0.1) is 0 Å². The number of carbonyl (C=O) groups excluding carboxylic acids is 3. The van der Waals surface area contributed by atoms with Crippen molar-refractivity contribution in [3.8, 4) is 0 Å². The van der Waals surface area contributed by atoms with Gasteiger partial charge in [-0.1, -0.05) is 50.6 Å². The van der Waals surface area contributed by atoms with Crippen molar-refractivity contribution in [3.05, 3.63) is 35.9 Å². The number of nitrogens with one attached hydrogen (secondary N) is 2. The number of amides is 2. The Morgan fingerprint density at radius 3 is 2.35 bits per heavy atom. The summed E-state index contributed by atoms with van der Waals surface area (Å²) in [5.74, 6) is -1.58. The van der Waals surface area contributed by atoms with E-state index in [0.29, 0.717) is 6.42 Å². The first-order valence-electron chi connectivity index (χ1n) is 8.39. The molecule has 8 heteroatoms. The number of ether oxygens (including phenoxy) is 2. The van der Waals surface area contributed by atoms with E-state index in [-0.39, 0.29) is 12.5 Å². The Labute approximate surface area is 152 Å². The number of aliphatic hydroxyl groups is 1. The Bertz CT molecular complexity index is 593. The highest BCUT2D eigenvalue weighted by molar-refractivity contribution is 5.89. The zero-order valence-electron chi connectivity index (χ0n) is 15.2. The van der Waals surface area contributed by atoms with Crippen molar-refractivity contribution in [2.75, 3.05) is 13.7 Å². The van der Waals surface area contributed by atoms with E-state index in [4.69, 9.17) is 4.74 Å². The quantitative estimate of drug-likeness (QED) is 0.561. The second-order valence-electron chi connectivity index (χ2n) is 5.84. The molecule has 26 heavy (non-hydrogen) atoms. The van der Waals surface area contributed by atoms with Crippen LogP contribution in [-0.4, -0.2) is 48.9 Å². The monoisotopic (exact) mass is 366 g/mol. The molecule has 0 aromatic heterocycles. The molecule has 1 aromatic rings. The van der Waals surface area contributed by atoms with Crippen molar-refractivity contribution >= 4 is 18.0 Å². The molecule has 0 saturated heterocycles. The van der Waals surface area contributed by atoms with Crippen molar-refractivity contribution in [3.63, 3.8) is 0 Å². The van der Waals surface area contributed by atoms with Crippen molar-refractivity contribution in [2.24, 2.45) is 5.92 Å². The minimum Gasteiger partial charge on any atom is -0.467 e. The summed E-state index contributed by atoms with van der Waals surface area (Å²) in [6.07, 6.45) is -0.132. The molecule has 3 atom stereocenters. The van der Waals surface area contributed by atoms with Crippen LogP contribution >= 0.6 is 0 Å². The maximum absolute atomic E-state index is 12.4. The molecule has 0 bridgehead atoms. The van der Waals surface area contributed by atoms with Gasteiger partial charge in [0.2, 0.25) is 5.91 Å². The van der Waals surface area contributed by atoms with E-state index in [0.717, 1.165) is 12.7 Å². The van der Waals surface area contributed by atoms with Gasteiger partial charge in [-0.2, -0.15) is 0 Å². The van der Waals surface area contributed by atoms with Gasteiger partial charge in [0, 0.05) is 0 Å². The molecule has 2 amide bonds. The largest absolute Gasteiger partial charge is 0.467 e.